The summed E-state index contributed by atoms with van der Waals surface area (Å²) in [5.74, 6) is -2.77. The van der Waals surface area contributed by atoms with Gasteiger partial charge in [-0.15, -0.1) is 0 Å². The molecule has 3 N–H and O–H groups in total. The lowest BCUT2D eigenvalue weighted by molar-refractivity contribution is -0.147. The zero-order valence-electron chi connectivity index (χ0n) is 10.7. The SMILES string of the molecule is O=C(O)[C@H]1[C@H](C(=O)Nc2cccc(O)c2)[C@H]2CC[C@H]1O2. The highest BCUT2D eigenvalue weighted by Gasteiger charge is 2.55. The fourth-order valence-electron chi connectivity index (χ4n) is 3.13. The summed E-state index contributed by atoms with van der Waals surface area (Å²) in [5, 5.41) is 21.3. The van der Waals surface area contributed by atoms with Crippen LogP contribution in [0, 0.1) is 11.8 Å². The summed E-state index contributed by atoms with van der Waals surface area (Å²) >= 11 is 0. The second kappa shape index (κ2) is 4.79. The van der Waals surface area contributed by atoms with Crippen molar-refractivity contribution in [3.63, 3.8) is 0 Å². The van der Waals surface area contributed by atoms with E-state index in [1.807, 2.05) is 0 Å². The number of phenols is 1. The number of fused-ring (bicyclic) bond motifs is 2. The zero-order valence-corrected chi connectivity index (χ0v) is 10.7. The van der Waals surface area contributed by atoms with Crippen LogP contribution in [0.2, 0.25) is 0 Å². The average Bonchev–Trinajstić information content (AvgIpc) is 2.98. The number of phenolic OH excluding ortho intramolecular Hbond substituents is 1. The van der Waals surface area contributed by atoms with Crippen molar-refractivity contribution in [3.8, 4) is 5.75 Å². The lowest BCUT2D eigenvalue weighted by Crippen LogP contribution is -2.40. The van der Waals surface area contributed by atoms with E-state index in [1.54, 1.807) is 12.1 Å². The molecular weight excluding hydrogens is 262 g/mol. The molecule has 1 amide bonds. The van der Waals surface area contributed by atoms with Crippen LogP contribution in [0.3, 0.4) is 0 Å². The molecule has 2 bridgehead atoms. The van der Waals surface area contributed by atoms with Crippen molar-refractivity contribution in [2.75, 3.05) is 5.32 Å². The van der Waals surface area contributed by atoms with Gasteiger partial charge in [0.05, 0.1) is 24.0 Å². The van der Waals surface area contributed by atoms with E-state index in [0.29, 0.717) is 18.5 Å². The van der Waals surface area contributed by atoms with Gasteiger partial charge < -0.3 is 20.3 Å². The fraction of sp³-hybridized carbons (Fsp3) is 0.429. The first-order valence-corrected chi connectivity index (χ1v) is 6.54. The van der Waals surface area contributed by atoms with E-state index < -0.39 is 17.8 Å². The Morgan fingerprint density at radius 1 is 1.20 bits per heavy atom. The molecule has 20 heavy (non-hydrogen) atoms. The third-order valence-corrected chi connectivity index (χ3v) is 3.97. The summed E-state index contributed by atoms with van der Waals surface area (Å²) in [4.78, 5) is 23.6. The molecule has 0 unspecified atom stereocenters. The van der Waals surface area contributed by atoms with Gasteiger partial charge in [0.1, 0.15) is 5.75 Å². The van der Waals surface area contributed by atoms with Crippen LogP contribution in [0.15, 0.2) is 24.3 Å². The molecule has 6 heteroatoms. The molecular formula is C14H15NO5. The maximum atomic E-state index is 12.3. The highest BCUT2D eigenvalue weighted by atomic mass is 16.5. The molecule has 1 aromatic rings. The molecule has 2 heterocycles. The normalized spacial score (nSPS) is 31.2. The Kier molecular flexibility index (Phi) is 3.10. The number of carboxylic acids is 1. The average molecular weight is 277 g/mol. The molecule has 1 aromatic carbocycles. The number of hydrogen-bond donors (Lipinski definition) is 3. The van der Waals surface area contributed by atoms with E-state index in [9.17, 15) is 19.8 Å². The van der Waals surface area contributed by atoms with Gasteiger partial charge in [-0.3, -0.25) is 9.59 Å². The standard InChI is InChI=1S/C14H15NO5/c16-8-3-1-2-7(6-8)15-13(17)11-9-4-5-10(20-9)12(11)14(18)19/h1-3,6,9-12,16H,4-5H2,(H,15,17)(H,18,19)/t9-,10-,11-,12-/m1/s1. The zero-order chi connectivity index (χ0) is 14.3. The van der Waals surface area contributed by atoms with Crippen LogP contribution in [0.4, 0.5) is 5.69 Å². The van der Waals surface area contributed by atoms with Crippen LogP contribution in [0.25, 0.3) is 0 Å². The van der Waals surface area contributed by atoms with E-state index in [4.69, 9.17) is 4.74 Å². The van der Waals surface area contributed by atoms with Crippen molar-refractivity contribution in [3.05, 3.63) is 24.3 Å². The number of hydrogen-bond acceptors (Lipinski definition) is 4. The van der Waals surface area contributed by atoms with Gasteiger partial charge in [-0.25, -0.2) is 0 Å². The van der Waals surface area contributed by atoms with Gasteiger partial charge in [0.2, 0.25) is 5.91 Å². The molecule has 4 atom stereocenters. The number of aromatic hydroxyl groups is 1. The van der Waals surface area contributed by atoms with Crippen LogP contribution >= 0.6 is 0 Å². The summed E-state index contributed by atoms with van der Waals surface area (Å²) in [5.41, 5.74) is 0.446. The number of ether oxygens (including phenoxy) is 1. The number of amides is 1. The Morgan fingerprint density at radius 2 is 1.90 bits per heavy atom. The quantitative estimate of drug-likeness (QED) is 0.771. The van der Waals surface area contributed by atoms with Crippen LogP contribution in [0.1, 0.15) is 12.8 Å². The Hall–Kier alpha value is -2.08. The number of rotatable bonds is 3. The van der Waals surface area contributed by atoms with Gasteiger partial charge in [-0.2, -0.15) is 0 Å². The Balaban J connectivity index is 1.78. The smallest absolute Gasteiger partial charge is 0.310 e. The number of aliphatic carboxylic acids is 1. The predicted octanol–water partition coefficient (Wildman–Crippen LogP) is 1.21. The predicted molar refractivity (Wildman–Crippen MR) is 69.2 cm³/mol. The minimum absolute atomic E-state index is 0.0433. The van der Waals surface area contributed by atoms with Crippen LogP contribution in [0.5, 0.6) is 5.75 Å². The fourth-order valence-corrected chi connectivity index (χ4v) is 3.13. The minimum Gasteiger partial charge on any atom is -0.508 e. The summed E-state index contributed by atoms with van der Waals surface area (Å²) in [6.07, 6.45) is 0.722. The van der Waals surface area contributed by atoms with Gasteiger partial charge in [0.25, 0.3) is 0 Å². The lowest BCUT2D eigenvalue weighted by atomic mass is 9.78. The van der Waals surface area contributed by atoms with Crippen molar-refractivity contribution in [1.82, 2.24) is 0 Å². The molecule has 0 spiro atoms. The number of nitrogens with one attached hydrogen (secondary N) is 1. The first-order valence-electron chi connectivity index (χ1n) is 6.54. The first-order chi connectivity index (χ1) is 9.56. The van der Waals surface area contributed by atoms with Crippen LogP contribution in [-0.4, -0.2) is 34.3 Å². The van der Waals surface area contributed by atoms with Gasteiger partial charge in [0.15, 0.2) is 0 Å². The second-order valence-electron chi connectivity index (χ2n) is 5.22. The van der Waals surface area contributed by atoms with Crippen molar-refractivity contribution < 1.29 is 24.5 Å². The summed E-state index contributed by atoms with van der Waals surface area (Å²) in [6.45, 7) is 0. The van der Waals surface area contributed by atoms with E-state index in [2.05, 4.69) is 5.32 Å². The monoisotopic (exact) mass is 277 g/mol. The molecule has 2 aliphatic rings. The molecule has 0 radical (unpaired) electrons. The van der Waals surface area contributed by atoms with E-state index in [1.165, 1.54) is 12.1 Å². The van der Waals surface area contributed by atoms with Crippen LogP contribution < -0.4 is 5.32 Å². The molecule has 0 aliphatic carbocycles. The van der Waals surface area contributed by atoms with Gasteiger partial charge in [-0.05, 0) is 25.0 Å². The third-order valence-electron chi connectivity index (χ3n) is 3.97. The molecule has 2 fully saturated rings. The first kappa shape index (κ1) is 12.9. The van der Waals surface area contributed by atoms with E-state index in [0.717, 1.165) is 0 Å². The van der Waals surface area contributed by atoms with Crippen LogP contribution in [-0.2, 0) is 14.3 Å². The van der Waals surface area contributed by atoms with E-state index in [-0.39, 0.29) is 23.9 Å². The minimum atomic E-state index is -0.992. The Morgan fingerprint density at radius 3 is 2.55 bits per heavy atom. The molecule has 3 rings (SSSR count). The van der Waals surface area contributed by atoms with Crippen molar-refractivity contribution in [2.45, 2.75) is 25.0 Å². The number of carboxylic acid groups (broad SMARTS) is 1. The topological polar surface area (TPSA) is 95.9 Å². The van der Waals surface area contributed by atoms with Gasteiger partial charge >= 0.3 is 5.97 Å². The molecule has 0 saturated carbocycles. The summed E-state index contributed by atoms with van der Waals surface area (Å²) in [6, 6.07) is 6.16. The number of anilines is 1. The van der Waals surface area contributed by atoms with Crippen molar-refractivity contribution in [2.24, 2.45) is 11.8 Å². The van der Waals surface area contributed by atoms with E-state index >= 15 is 0 Å². The molecule has 106 valence electrons. The molecule has 2 saturated heterocycles. The molecule has 2 aliphatic heterocycles. The summed E-state index contributed by atoms with van der Waals surface area (Å²) in [7, 11) is 0. The maximum absolute atomic E-state index is 12.3. The van der Waals surface area contributed by atoms with Crippen molar-refractivity contribution in [1.29, 1.82) is 0 Å². The van der Waals surface area contributed by atoms with Crippen molar-refractivity contribution >= 4 is 17.6 Å². The third kappa shape index (κ3) is 2.12. The number of benzene rings is 1. The highest BCUT2D eigenvalue weighted by Crippen LogP contribution is 2.44. The Labute approximate surface area is 115 Å². The summed E-state index contributed by atoms with van der Waals surface area (Å²) < 4.78 is 5.55. The largest absolute Gasteiger partial charge is 0.508 e. The van der Waals surface area contributed by atoms with Gasteiger partial charge in [-0.1, -0.05) is 6.07 Å². The van der Waals surface area contributed by atoms with Gasteiger partial charge in [0, 0.05) is 11.8 Å². The second-order valence-corrected chi connectivity index (χ2v) is 5.22. The Bertz CT molecular complexity index is 558. The highest BCUT2D eigenvalue weighted by molar-refractivity contribution is 5.96. The molecule has 0 aromatic heterocycles. The lowest BCUT2D eigenvalue weighted by Gasteiger charge is -2.23. The number of carbonyl (C=O) groups excluding carboxylic acids is 1. The molecule has 6 nitrogen and oxygen atoms in total. The maximum Gasteiger partial charge on any atom is 0.310 e. The number of carbonyl (C=O) groups is 2.